The number of hydrazone groups is 1. The summed E-state index contributed by atoms with van der Waals surface area (Å²) in [6.07, 6.45) is 1.31. The maximum Gasteiger partial charge on any atom is 0.343 e. The lowest BCUT2D eigenvalue weighted by molar-refractivity contribution is -0.139. The highest BCUT2D eigenvalue weighted by molar-refractivity contribution is 6.35. The summed E-state index contributed by atoms with van der Waals surface area (Å²) in [6.45, 7) is 2.12. The molecule has 7 nitrogen and oxygen atoms in total. The molecule has 0 saturated heterocycles. The van der Waals surface area contributed by atoms with Gasteiger partial charge in [0.05, 0.1) is 11.8 Å². The Labute approximate surface area is 179 Å². The molecule has 3 aromatic carbocycles. The van der Waals surface area contributed by atoms with Gasteiger partial charge in [-0.15, -0.1) is 0 Å². The fourth-order valence-corrected chi connectivity index (χ4v) is 2.68. The molecule has 0 aliphatic rings. The minimum absolute atomic E-state index is 0.231. The lowest BCUT2D eigenvalue weighted by Gasteiger charge is -2.08. The van der Waals surface area contributed by atoms with E-state index >= 15 is 0 Å². The van der Waals surface area contributed by atoms with Gasteiger partial charge in [-0.3, -0.25) is 9.59 Å². The lowest BCUT2D eigenvalue weighted by Crippen LogP contribution is -2.37. The molecule has 0 spiro atoms. The quantitative estimate of drug-likeness (QED) is 0.213. The molecule has 0 unspecified atom stereocenters. The van der Waals surface area contributed by atoms with Gasteiger partial charge >= 0.3 is 17.8 Å². The fraction of sp³-hybridized carbons (Fsp3) is 0.0833. The summed E-state index contributed by atoms with van der Waals surface area (Å²) in [4.78, 5) is 36.2. The molecule has 3 rings (SSSR count). The summed E-state index contributed by atoms with van der Waals surface area (Å²) in [5.74, 6) is -1.93. The van der Waals surface area contributed by atoms with Crippen LogP contribution < -0.4 is 15.5 Å². The monoisotopic (exact) mass is 415 g/mol. The van der Waals surface area contributed by atoms with Gasteiger partial charge in [-0.2, -0.15) is 5.10 Å². The Balaban J connectivity index is 1.57. The van der Waals surface area contributed by atoms with E-state index in [9.17, 15) is 14.4 Å². The second kappa shape index (κ2) is 10.5. The first kappa shape index (κ1) is 21.4. The molecule has 0 bridgehead atoms. The second-order valence-corrected chi connectivity index (χ2v) is 6.66. The van der Waals surface area contributed by atoms with Crippen molar-refractivity contribution in [2.75, 3.05) is 0 Å². The van der Waals surface area contributed by atoms with Crippen LogP contribution in [-0.2, 0) is 16.1 Å². The molecule has 3 aromatic rings. The predicted octanol–water partition coefficient (Wildman–Crippen LogP) is 2.98. The number of esters is 1. The van der Waals surface area contributed by atoms with Crippen molar-refractivity contribution in [2.45, 2.75) is 13.5 Å². The average molecular weight is 415 g/mol. The van der Waals surface area contributed by atoms with Crippen molar-refractivity contribution in [2.24, 2.45) is 5.10 Å². The normalized spacial score (nSPS) is 10.5. The van der Waals surface area contributed by atoms with E-state index in [1.807, 2.05) is 43.3 Å². The summed E-state index contributed by atoms with van der Waals surface area (Å²) in [5, 5.41) is 6.31. The first-order valence-electron chi connectivity index (χ1n) is 9.56. The number of amides is 2. The number of hydrogen-bond donors (Lipinski definition) is 2. The molecular weight excluding hydrogens is 394 g/mol. The molecule has 31 heavy (non-hydrogen) atoms. The van der Waals surface area contributed by atoms with E-state index in [0.29, 0.717) is 11.1 Å². The van der Waals surface area contributed by atoms with Crippen LogP contribution in [0.3, 0.4) is 0 Å². The van der Waals surface area contributed by atoms with E-state index in [-0.39, 0.29) is 12.3 Å². The molecule has 7 heteroatoms. The van der Waals surface area contributed by atoms with Crippen molar-refractivity contribution >= 4 is 24.0 Å². The molecule has 0 atom stereocenters. The molecular formula is C24H21N3O4. The van der Waals surface area contributed by atoms with Gasteiger partial charge in [0.15, 0.2) is 0 Å². The van der Waals surface area contributed by atoms with Crippen LogP contribution in [-0.4, -0.2) is 24.0 Å². The van der Waals surface area contributed by atoms with Crippen molar-refractivity contribution < 1.29 is 19.1 Å². The van der Waals surface area contributed by atoms with E-state index in [2.05, 4.69) is 15.8 Å². The van der Waals surface area contributed by atoms with E-state index < -0.39 is 17.8 Å². The number of hydrogen-bond acceptors (Lipinski definition) is 5. The number of rotatable bonds is 6. The van der Waals surface area contributed by atoms with Crippen LogP contribution >= 0.6 is 0 Å². The molecule has 2 N–H and O–H groups in total. The topological polar surface area (TPSA) is 96.9 Å². The fourth-order valence-electron chi connectivity index (χ4n) is 2.68. The summed E-state index contributed by atoms with van der Waals surface area (Å²) < 4.78 is 5.46. The van der Waals surface area contributed by atoms with Crippen LogP contribution in [0.25, 0.3) is 0 Å². The molecule has 0 fully saturated rings. The van der Waals surface area contributed by atoms with Crippen molar-refractivity contribution in [3.63, 3.8) is 0 Å². The third-order valence-corrected chi connectivity index (χ3v) is 4.25. The minimum Gasteiger partial charge on any atom is -0.422 e. The Morgan fingerprint density at radius 1 is 0.903 bits per heavy atom. The van der Waals surface area contributed by atoms with Gasteiger partial charge in [0, 0.05) is 12.1 Å². The van der Waals surface area contributed by atoms with Crippen molar-refractivity contribution in [1.82, 2.24) is 10.7 Å². The number of ether oxygens (including phenoxy) is 1. The zero-order valence-corrected chi connectivity index (χ0v) is 16.9. The first-order chi connectivity index (χ1) is 15.0. The van der Waals surface area contributed by atoms with E-state index in [1.54, 1.807) is 42.5 Å². The maximum absolute atomic E-state index is 12.4. The molecule has 0 aromatic heterocycles. The summed E-state index contributed by atoms with van der Waals surface area (Å²) in [6, 6.07) is 23.0. The number of nitrogens with zero attached hydrogens (tertiary/aromatic N) is 1. The summed E-state index contributed by atoms with van der Waals surface area (Å²) in [7, 11) is 0. The van der Waals surface area contributed by atoms with Gasteiger partial charge < -0.3 is 10.1 Å². The predicted molar refractivity (Wildman–Crippen MR) is 117 cm³/mol. The van der Waals surface area contributed by atoms with Crippen LogP contribution in [0.5, 0.6) is 5.75 Å². The highest BCUT2D eigenvalue weighted by atomic mass is 16.5. The Morgan fingerprint density at radius 3 is 2.42 bits per heavy atom. The first-order valence-corrected chi connectivity index (χ1v) is 9.56. The zero-order valence-electron chi connectivity index (χ0n) is 16.9. The van der Waals surface area contributed by atoms with Crippen molar-refractivity contribution in [3.8, 4) is 5.75 Å². The van der Waals surface area contributed by atoms with E-state index in [4.69, 9.17) is 4.74 Å². The Morgan fingerprint density at radius 2 is 1.65 bits per heavy atom. The van der Waals surface area contributed by atoms with Gasteiger partial charge in [0.2, 0.25) is 0 Å². The standard InChI is InChI=1S/C24H21N3O4/c1-17-8-7-12-19(14-17)24(30)31-21-13-6-5-11-20(21)16-26-27-23(29)22(28)25-15-18-9-3-2-4-10-18/h2-14,16H,15H2,1H3,(H,25,28)(H,27,29). The summed E-state index contributed by atoms with van der Waals surface area (Å²) >= 11 is 0. The van der Waals surface area contributed by atoms with Crippen LogP contribution in [0.1, 0.15) is 27.0 Å². The lowest BCUT2D eigenvalue weighted by atomic mass is 10.1. The number of para-hydroxylation sites is 1. The Bertz CT molecular complexity index is 1110. The Hall–Kier alpha value is -4.26. The smallest absolute Gasteiger partial charge is 0.343 e. The van der Waals surface area contributed by atoms with Crippen molar-refractivity contribution in [3.05, 3.63) is 101 Å². The third-order valence-electron chi connectivity index (χ3n) is 4.25. The molecule has 0 aliphatic heterocycles. The maximum atomic E-state index is 12.4. The largest absolute Gasteiger partial charge is 0.422 e. The molecule has 156 valence electrons. The van der Waals surface area contributed by atoms with Gasteiger partial charge in [0.1, 0.15) is 5.75 Å². The van der Waals surface area contributed by atoms with Crippen LogP contribution in [0.2, 0.25) is 0 Å². The second-order valence-electron chi connectivity index (χ2n) is 6.66. The molecule has 2 amide bonds. The molecule has 0 heterocycles. The van der Waals surface area contributed by atoms with Gasteiger partial charge in [-0.25, -0.2) is 10.2 Å². The zero-order chi connectivity index (χ0) is 22.1. The SMILES string of the molecule is Cc1cccc(C(=O)Oc2ccccc2C=NNC(=O)C(=O)NCc2ccccc2)c1. The number of nitrogens with one attached hydrogen (secondary N) is 2. The number of carbonyl (C=O) groups excluding carboxylic acids is 3. The minimum atomic E-state index is -0.901. The summed E-state index contributed by atoms with van der Waals surface area (Å²) in [5.41, 5.74) is 4.87. The van der Waals surface area contributed by atoms with E-state index in [0.717, 1.165) is 11.1 Å². The average Bonchev–Trinajstić information content (AvgIpc) is 2.79. The molecule has 0 radical (unpaired) electrons. The van der Waals surface area contributed by atoms with Crippen molar-refractivity contribution in [1.29, 1.82) is 0 Å². The highest BCUT2D eigenvalue weighted by Crippen LogP contribution is 2.18. The van der Waals surface area contributed by atoms with Crippen LogP contribution in [0.4, 0.5) is 0 Å². The number of aryl methyl sites for hydroxylation is 1. The van der Waals surface area contributed by atoms with E-state index in [1.165, 1.54) is 6.21 Å². The van der Waals surface area contributed by atoms with Crippen LogP contribution in [0, 0.1) is 6.92 Å². The highest BCUT2D eigenvalue weighted by Gasteiger charge is 2.13. The van der Waals surface area contributed by atoms with Crippen LogP contribution in [0.15, 0.2) is 84.0 Å². The third kappa shape index (κ3) is 6.37. The number of benzene rings is 3. The van der Waals surface area contributed by atoms with Gasteiger partial charge in [0.25, 0.3) is 0 Å². The molecule has 0 aliphatic carbocycles. The van der Waals surface area contributed by atoms with Gasteiger partial charge in [-0.1, -0.05) is 60.2 Å². The van der Waals surface area contributed by atoms with Gasteiger partial charge in [-0.05, 0) is 36.8 Å². The number of carbonyl (C=O) groups is 3. The molecule has 0 saturated carbocycles. The Kier molecular flexibility index (Phi) is 7.26.